The summed E-state index contributed by atoms with van der Waals surface area (Å²) in [7, 11) is 0. The van der Waals surface area contributed by atoms with Crippen molar-refractivity contribution < 1.29 is 9.88 Å². The summed E-state index contributed by atoms with van der Waals surface area (Å²) in [5, 5.41) is 8.76. The maximum Gasteiger partial charge on any atom is 0.221 e. The Balaban J connectivity index is 1.70. The first-order valence-corrected chi connectivity index (χ1v) is 10.7. The van der Waals surface area contributed by atoms with Gasteiger partial charge in [0.25, 0.3) is 0 Å². The van der Waals surface area contributed by atoms with E-state index in [2.05, 4.69) is 77.9 Å². The van der Waals surface area contributed by atoms with E-state index in [1.165, 1.54) is 32.7 Å². The number of alkyl halides is 1. The number of benzene rings is 3. The third kappa shape index (κ3) is 3.78. The molecule has 4 rings (SSSR count). The number of H-pyrrole nitrogens is 1. The van der Waals surface area contributed by atoms with E-state index in [1.54, 1.807) is 4.90 Å². The van der Waals surface area contributed by atoms with Crippen LogP contribution in [0.3, 0.4) is 0 Å². The smallest absolute Gasteiger partial charge is 0.221 e. The lowest BCUT2D eigenvalue weighted by Crippen LogP contribution is -3.12. The summed E-state index contributed by atoms with van der Waals surface area (Å²) in [6.45, 7) is 6.51. The standard InChI is InChI=1S/C24H26ClN3/c1-2-28(17-14-25)16-7-15-26-23-20-10-5-6-11-22(20)27-24-19-9-4-3-8-18(19)12-13-21(23)24/h3-6,8-13H,2,7,14-17H2,1H3,(H,26,27)/p+2. The van der Waals surface area contributed by atoms with Gasteiger partial charge in [-0.05, 0) is 30.5 Å². The SMILES string of the molecule is CC[NH+](CCCl)CCCNc1c2ccccc2[nH+]c2c1ccc1ccccc12. The molecule has 0 saturated carbocycles. The lowest BCUT2D eigenvalue weighted by Gasteiger charge is -2.17. The van der Waals surface area contributed by atoms with Gasteiger partial charge in [0.15, 0.2) is 0 Å². The molecule has 0 saturated heterocycles. The Morgan fingerprint density at radius 2 is 1.68 bits per heavy atom. The average Bonchev–Trinajstić information content (AvgIpc) is 2.75. The number of anilines is 1. The van der Waals surface area contributed by atoms with Crippen molar-refractivity contribution >= 4 is 49.9 Å². The van der Waals surface area contributed by atoms with Crippen molar-refractivity contribution in [3.05, 3.63) is 60.7 Å². The molecule has 0 spiro atoms. The fraction of sp³-hybridized carbons (Fsp3) is 0.292. The van der Waals surface area contributed by atoms with Crippen LogP contribution in [0.15, 0.2) is 60.7 Å². The molecular weight excluding hydrogens is 366 g/mol. The van der Waals surface area contributed by atoms with Crippen LogP contribution in [0.4, 0.5) is 5.69 Å². The summed E-state index contributed by atoms with van der Waals surface area (Å²) < 4.78 is 0. The number of aromatic nitrogens is 1. The maximum absolute atomic E-state index is 5.92. The van der Waals surface area contributed by atoms with Crippen molar-refractivity contribution in [3.8, 4) is 0 Å². The summed E-state index contributed by atoms with van der Waals surface area (Å²) in [6, 6.07) is 21.6. The fourth-order valence-corrected chi connectivity index (χ4v) is 4.33. The van der Waals surface area contributed by atoms with Gasteiger partial charge in [-0.1, -0.05) is 36.4 Å². The van der Waals surface area contributed by atoms with Crippen LogP contribution in [0.25, 0.3) is 32.6 Å². The molecular formula is C24H28ClN3+2. The van der Waals surface area contributed by atoms with Gasteiger partial charge in [0, 0.05) is 19.0 Å². The number of aromatic amines is 1. The Bertz CT molecular complexity index is 1090. The highest BCUT2D eigenvalue weighted by atomic mass is 35.5. The van der Waals surface area contributed by atoms with Crippen LogP contribution in [0.1, 0.15) is 13.3 Å². The summed E-state index contributed by atoms with van der Waals surface area (Å²) in [4.78, 5) is 5.24. The molecule has 3 nitrogen and oxygen atoms in total. The van der Waals surface area contributed by atoms with Crippen LogP contribution in [0.2, 0.25) is 0 Å². The largest absolute Gasteiger partial charge is 0.383 e. The molecule has 0 aliphatic heterocycles. The van der Waals surface area contributed by atoms with Gasteiger partial charge in [0.1, 0.15) is 0 Å². The summed E-state index contributed by atoms with van der Waals surface area (Å²) in [5.41, 5.74) is 3.59. The van der Waals surface area contributed by atoms with Gasteiger partial charge in [-0.2, -0.15) is 0 Å². The molecule has 3 aromatic carbocycles. The monoisotopic (exact) mass is 393 g/mol. The average molecular weight is 394 g/mol. The molecule has 0 fully saturated rings. The Kier molecular flexibility index (Phi) is 5.94. The van der Waals surface area contributed by atoms with Crippen molar-refractivity contribution in [1.29, 1.82) is 0 Å². The van der Waals surface area contributed by atoms with Crippen molar-refractivity contribution in [2.45, 2.75) is 13.3 Å². The third-order valence-electron chi connectivity index (χ3n) is 5.61. The quantitative estimate of drug-likeness (QED) is 0.202. The first-order valence-electron chi connectivity index (χ1n) is 10.2. The Morgan fingerprint density at radius 1 is 0.893 bits per heavy atom. The van der Waals surface area contributed by atoms with Crippen molar-refractivity contribution in [2.75, 3.05) is 37.4 Å². The Labute approximate surface area is 171 Å². The van der Waals surface area contributed by atoms with Crippen molar-refractivity contribution in [1.82, 2.24) is 0 Å². The number of hydrogen-bond donors (Lipinski definition) is 2. The second kappa shape index (κ2) is 8.76. The molecule has 3 N–H and O–H groups in total. The topological polar surface area (TPSA) is 30.6 Å². The zero-order valence-corrected chi connectivity index (χ0v) is 17.2. The highest BCUT2D eigenvalue weighted by Gasteiger charge is 2.16. The van der Waals surface area contributed by atoms with Gasteiger partial charge in [-0.25, -0.2) is 4.98 Å². The van der Waals surface area contributed by atoms with E-state index in [4.69, 9.17) is 11.6 Å². The van der Waals surface area contributed by atoms with E-state index in [0.29, 0.717) is 0 Å². The molecule has 144 valence electrons. The fourth-order valence-electron chi connectivity index (χ4n) is 4.06. The predicted octanol–water partition coefficient (Wildman–Crippen LogP) is 3.91. The van der Waals surface area contributed by atoms with Crippen LogP contribution in [0, 0.1) is 0 Å². The number of para-hydroxylation sites is 1. The van der Waals surface area contributed by atoms with Gasteiger partial charge in [-0.3, -0.25) is 0 Å². The zero-order chi connectivity index (χ0) is 19.3. The molecule has 0 aliphatic rings. The maximum atomic E-state index is 5.92. The minimum absolute atomic E-state index is 0.730. The van der Waals surface area contributed by atoms with Gasteiger partial charge in [-0.15, -0.1) is 11.6 Å². The predicted molar refractivity (Wildman–Crippen MR) is 121 cm³/mol. The van der Waals surface area contributed by atoms with Crippen LogP contribution in [-0.4, -0.2) is 32.1 Å². The van der Waals surface area contributed by atoms with Crippen molar-refractivity contribution in [2.24, 2.45) is 0 Å². The molecule has 4 heteroatoms. The first kappa shape index (κ1) is 19.0. The summed E-state index contributed by atoms with van der Waals surface area (Å²) in [5.74, 6) is 0.730. The second-order valence-corrected chi connectivity index (χ2v) is 7.71. The van der Waals surface area contributed by atoms with Crippen LogP contribution >= 0.6 is 11.6 Å². The second-order valence-electron chi connectivity index (χ2n) is 7.33. The van der Waals surface area contributed by atoms with Crippen LogP contribution in [-0.2, 0) is 0 Å². The molecule has 0 amide bonds. The van der Waals surface area contributed by atoms with Gasteiger partial charge in [0.05, 0.1) is 47.4 Å². The normalized spacial score (nSPS) is 12.6. The summed E-state index contributed by atoms with van der Waals surface area (Å²) >= 11 is 5.92. The number of fused-ring (bicyclic) bond motifs is 4. The van der Waals surface area contributed by atoms with E-state index in [0.717, 1.165) is 44.0 Å². The summed E-state index contributed by atoms with van der Waals surface area (Å²) in [6.07, 6.45) is 1.13. The third-order valence-corrected chi connectivity index (χ3v) is 5.80. The molecule has 1 atom stereocenters. The molecule has 1 unspecified atom stereocenters. The van der Waals surface area contributed by atoms with Gasteiger partial charge >= 0.3 is 0 Å². The van der Waals surface area contributed by atoms with E-state index in [-0.39, 0.29) is 0 Å². The van der Waals surface area contributed by atoms with E-state index in [9.17, 15) is 0 Å². The van der Waals surface area contributed by atoms with Crippen LogP contribution in [0.5, 0.6) is 0 Å². The minimum Gasteiger partial charge on any atom is -0.383 e. The molecule has 1 aromatic heterocycles. The van der Waals surface area contributed by atoms with Crippen LogP contribution < -0.4 is 15.2 Å². The van der Waals surface area contributed by atoms with Crippen molar-refractivity contribution in [3.63, 3.8) is 0 Å². The lowest BCUT2D eigenvalue weighted by molar-refractivity contribution is -0.895. The minimum atomic E-state index is 0.730. The Hall–Kier alpha value is -2.36. The van der Waals surface area contributed by atoms with E-state index >= 15 is 0 Å². The highest BCUT2D eigenvalue weighted by molar-refractivity contribution is 6.18. The Morgan fingerprint density at radius 3 is 2.50 bits per heavy atom. The molecule has 0 bridgehead atoms. The number of nitrogens with one attached hydrogen (secondary N) is 3. The number of quaternary nitrogens is 1. The molecule has 0 radical (unpaired) electrons. The lowest BCUT2D eigenvalue weighted by atomic mass is 10.0. The number of halogens is 1. The van der Waals surface area contributed by atoms with E-state index in [1.807, 2.05) is 0 Å². The highest BCUT2D eigenvalue weighted by Crippen LogP contribution is 2.32. The first-order chi connectivity index (χ1) is 13.8. The molecule has 1 heterocycles. The zero-order valence-electron chi connectivity index (χ0n) is 16.4. The molecule has 28 heavy (non-hydrogen) atoms. The van der Waals surface area contributed by atoms with E-state index < -0.39 is 0 Å². The molecule has 0 aliphatic carbocycles. The number of pyridine rings is 1. The van der Waals surface area contributed by atoms with Gasteiger partial charge in [0.2, 0.25) is 11.0 Å². The van der Waals surface area contributed by atoms with Gasteiger partial charge < -0.3 is 10.2 Å². The molecule has 4 aromatic rings. The number of rotatable bonds is 8. The number of hydrogen-bond acceptors (Lipinski definition) is 1.